The Morgan fingerprint density at radius 2 is 1.00 bits per heavy atom. The van der Waals surface area contributed by atoms with Crippen molar-refractivity contribution in [2.45, 2.75) is 36.8 Å². The minimum absolute atomic E-state index is 0.190. The van der Waals surface area contributed by atoms with Crippen LogP contribution in [0, 0.1) is 0 Å². The Labute approximate surface area is 274 Å². The molecule has 0 radical (unpaired) electrons. The molecular weight excluding hydrogens is 624 g/mol. The molecule has 0 bridgehead atoms. The number of hydrogen-bond donors (Lipinski definition) is 0. The van der Waals surface area contributed by atoms with Gasteiger partial charge >= 0.3 is 23.9 Å². The van der Waals surface area contributed by atoms with E-state index < -0.39 is 60.3 Å². The predicted molar refractivity (Wildman–Crippen MR) is 171 cm³/mol. The molecule has 5 atom stereocenters. The summed E-state index contributed by atoms with van der Waals surface area (Å²) in [4.78, 5) is 65.3. The van der Waals surface area contributed by atoms with Gasteiger partial charge in [0.2, 0.25) is 0 Å². The summed E-state index contributed by atoms with van der Waals surface area (Å²) in [6, 6.07) is 32.5. The van der Waals surface area contributed by atoms with Crippen molar-refractivity contribution in [3.63, 3.8) is 0 Å². The average Bonchev–Trinajstić information content (AvgIpc) is 3.42. The Balaban J connectivity index is 1.51. The van der Waals surface area contributed by atoms with Crippen LogP contribution >= 0.6 is 11.8 Å². The number of carbonyl (C=O) groups is 5. The summed E-state index contributed by atoms with van der Waals surface area (Å²) >= 11 is 0.714. The van der Waals surface area contributed by atoms with Gasteiger partial charge in [-0.3, -0.25) is 4.79 Å². The maximum atomic E-state index is 13.4. The second-order valence-corrected chi connectivity index (χ2v) is 11.6. The number of carbonyl (C=O) groups excluding carboxylic acids is 5. The third-order valence-electron chi connectivity index (χ3n) is 7.02. The largest absolute Gasteiger partial charge is 0.458 e. The Morgan fingerprint density at radius 3 is 1.45 bits per heavy atom. The monoisotopic (exact) mass is 654 g/mol. The van der Waals surface area contributed by atoms with Crippen LogP contribution in [0.5, 0.6) is 0 Å². The highest BCUT2D eigenvalue weighted by molar-refractivity contribution is 8.14. The van der Waals surface area contributed by atoms with Gasteiger partial charge in [-0.1, -0.05) is 84.6 Å². The van der Waals surface area contributed by atoms with E-state index in [2.05, 4.69) is 0 Å². The van der Waals surface area contributed by atoms with Crippen LogP contribution in [-0.2, 0) is 28.5 Å². The third-order valence-corrected chi connectivity index (χ3v) is 7.96. The van der Waals surface area contributed by atoms with Crippen molar-refractivity contribution in [3.05, 3.63) is 144 Å². The zero-order chi connectivity index (χ0) is 33.2. The van der Waals surface area contributed by atoms with Crippen molar-refractivity contribution in [1.29, 1.82) is 0 Å². The van der Waals surface area contributed by atoms with E-state index in [-0.39, 0.29) is 27.4 Å². The van der Waals surface area contributed by atoms with Crippen LogP contribution in [0.25, 0.3) is 0 Å². The standard InChI is InChI=1S/C36H30O10S/c1-23(37)47-36-31(45-35(41)27-20-12-5-13-21-27)30(44-34(40)26-18-10-4-11-19-26)29(46-36)28(43-33(39)25-16-8-3-9-17-25)22-42-32(38)24-14-6-2-7-15-24/h2-21,28-31,36H,22H2,1H3/t28-,29+,30+,31-,36?/m1/s1. The molecule has 4 aromatic carbocycles. The second-order valence-electron chi connectivity index (χ2n) is 10.3. The number of ether oxygens (including phenoxy) is 5. The van der Waals surface area contributed by atoms with Crippen LogP contribution in [0.1, 0.15) is 48.4 Å². The van der Waals surface area contributed by atoms with E-state index in [1.807, 2.05) is 0 Å². The molecule has 0 amide bonds. The SMILES string of the molecule is CC(=O)SC1O[C@@H]([C@@H](COC(=O)c2ccccc2)OC(=O)c2ccccc2)[C@H](OC(=O)c2ccccc2)[C@H]1OC(=O)c1ccccc1. The number of esters is 4. The Bertz CT molecular complexity index is 1680. The van der Waals surface area contributed by atoms with Gasteiger partial charge in [0.25, 0.3) is 0 Å². The molecule has 1 aliphatic heterocycles. The quantitative estimate of drug-likeness (QED) is 0.150. The first kappa shape index (κ1) is 33.1. The van der Waals surface area contributed by atoms with Crippen molar-refractivity contribution in [1.82, 2.24) is 0 Å². The van der Waals surface area contributed by atoms with E-state index in [9.17, 15) is 24.0 Å². The fraction of sp³-hybridized carbons (Fsp3) is 0.194. The summed E-state index contributed by atoms with van der Waals surface area (Å²) in [5.74, 6) is -3.02. The summed E-state index contributed by atoms with van der Waals surface area (Å²) in [7, 11) is 0. The summed E-state index contributed by atoms with van der Waals surface area (Å²) in [5.41, 5.74) is -0.333. The molecule has 0 aliphatic carbocycles. The van der Waals surface area contributed by atoms with Crippen LogP contribution in [0.15, 0.2) is 121 Å². The molecule has 0 N–H and O–H groups in total. The lowest BCUT2D eigenvalue weighted by molar-refractivity contribution is -0.109. The molecule has 4 aromatic rings. The molecule has 1 aliphatic rings. The molecule has 10 nitrogen and oxygen atoms in total. The molecule has 47 heavy (non-hydrogen) atoms. The molecule has 0 spiro atoms. The number of benzene rings is 4. The predicted octanol–water partition coefficient (Wildman–Crippen LogP) is 5.52. The first-order valence-electron chi connectivity index (χ1n) is 14.6. The summed E-state index contributed by atoms with van der Waals surface area (Å²) in [5, 5.41) is -0.377. The molecular formula is C36H30O10S. The van der Waals surface area contributed by atoms with Gasteiger partial charge in [-0.05, 0) is 48.5 Å². The zero-order valence-corrected chi connectivity index (χ0v) is 25.9. The van der Waals surface area contributed by atoms with E-state index in [0.29, 0.717) is 11.8 Å². The minimum atomic E-state index is -1.41. The lowest BCUT2D eigenvalue weighted by Crippen LogP contribution is -2.47. The number of rotatable bonds is 11. The first-order chi connectivity index (χ1) is 22.8. The van der Waals surface area contributed by atoms with E-state index in [1.165, 1.54) is 31.2 Å². The van der Waals surface area contributed by atoms with Gasteiger partial charge in [0, 0.05) is 6.92 Å². The Kier molecular flexibility index (Phi) is 11.2. The smallest absolute Gasteiger partial charge is 0.338 e. The van der Waals surface area contributed by atoms with Gasteiger partial charge in [0.1, 0.15) is 12.7 Å². The lowest BCUT2D eigenvalue weighted by Gasteiger charge is -2.28. The molecule has 1 heterocycles. The van der Waals surface area contributed by atoms with Gasteiger partial charge in [0.15, 0.2) is 28.9 Å². The van der Waals surface area contributed by atoms with Crippen LogP contribution in [0.2, 0.25) is 0 Å². The molecule has 11 heteroatoms. The van der Waals surface area contributed by atoms with Gasteiger partial charge in [0.05, 0.1) is 22.3 Å². The Hall–Kier alpha value is -5.26. The molecule has 0 saturated carbocycles. The minimum Gasteiger partial charge on any atom is -0.458 e. The topological polar surface area (TPSA) is 132 Å². The van der Waals surface area contributed by atoms with Crippen molar-refractivity contribution < 1.29 is 47.7 Å². The van der Waals surface area contributed by atoms with E-state index >= 15 is 0 Å². The highest BCUT2D eigenvalue weighted by Crippen LogP contribution is 2.37. The van der Waals surface area contributed by atoms with Gasteiger partial charge in [-0.25, -0.2) is 19.2 Å². The fourth-order valence-corrected chi connectivity index (χ4v) is 5.64. The molecule has 5 rings (SSSR count). The highest BCUT2D eigenvalue weighted by atomic mass is 32.2. The fourth-order valence-electron chi connectivity index (χ4n) is 4.79. The maximum Gasteiger partial charge on any atom is 0.338 e. The van der Waals surface area contributed by atoms with Crippen molar-refractivity contribution in [3.8, 4) is 0 Å². The van der Waals surface area contributed by atoms with E-state index in [0.717, 1.165) is 0 Å². The number of hydrogen-bond acceptors (Lipinski definition) is 11. The molecule has 1 saturated heterocycles. The lowest BCUT2D eigenvalue weighted by atomic mass is 10.1. The van der Waals surface area contributed by atoms with Crippen LogP contribution < -0.4 is 0 Å². The van der Waals surface area contributed by atoms with Crippen molar-refractivity contribution in [2.75, 3.05) is 6.61 Å². The summed E-state index contributed by atoms with van der Waals surface area (Å²) < 4.78 is 29.4. The first-order valence-corrected chi connectivity index (χ1v) is 15.5. The summed E-state index contributed by atoms with van der Waals surface area (Å²) in [6.07, 6.45) is -5.46. The van der Waals surface area contributed by atoms with Gasteiger partial charge < -0.3 is 23.7 Å². The van der Waals surface area contributed by atoms with Gasteiger partial charge in [-0.2, -0.15) is 0 Å². The van der Waals surface area contributed by atoms with Crippen LogP contribution in [0.4, 0.5) is 0 Å². The third kappa shape index (κ3) is 8.72. The number of thioether (sulfide) groups is 1. The molecule has 0 aromatic heterocycles. The molecule has 240 valence electrons. The molecule has 1 unspecified atom stereocenters. The van der Waals surface area contributed by atoms with Crippen molar-refractivity contribution >= 4 is 40.8 Å². The van der Waals surface area contributed by atoms with Crippen LogP contribution in [0.3, 0.4) is 0 Å². The average molecular weight is 655 g/mol. The maximum absolute atomic E-state index is 13.4. The zero-order valence-electron chi connectivity index (χ0n) is 25.1. The van der Waals surface area contributed by atoms with E-state index in [1.54, 1.807) is 97.1 Å². The van der Waals surface area contributed by atoms with E-state index in [4.69, 9.17) is 23.7 Å². The highest BCUT2D eigenvalue weighted by Gasteiger charge is 2.54. The normalized spacial score (nSPS) is 19.2. The second kappa shape index (κ2) is 15.8. The summed E-state index contributed by atoms with van der Waals surface area (Å²) in [6.45, 7) is 0.782. The Morgan fingerprint density at radius 1 is 0.596 bits per heavy atom. The molecule has 1 fully saturated rings. The van der Waals surface area contributed by atoms with Crippen molar-refractivity contribution in [2.24, 2.45) is 0 Å². The van der Waals surface area contributed by atoms with Crippen LogP contribution in [-0.4, -0.2) is 65.5 Å². The van der Waals surface area contributed by atoms with Gasteiger partial charge in [-0.15, -0.1) is 0 Å².